The van der Waals surface area contributed by atoms with Gasteiger partial charge in [-0.25, -0.2) is 0 Å². The quantitative estimate of drug-likeness (QED) is 0.889. The molecule has 0 aliphatic heterocycles. The Bertz CT molecular complexity index is 515. The van der Waals surface area contributed by atoms with Crippen molar-refractivity contribution in [2.24, 2.45) is 0 Å². The lowest BCUT2D eigenvalue weighted by Gasteiger charge is -2.04. The van der Waals surface area contributed by atoms with Crippen LogP contribution in [0.15, 0.2) is 28.9 Å². The molecule has 1 amide bonds. The number of aromatic nitrogens is 2. The molecule has 1 N–H and O–H groups in total. The molecule has 0 atom stereocenters. The largest absolute Gasteiger partial charge is 0.361 e. The van der Waals surface area contributed by atoms with Gasteiger partial charge in [0.05, 0.1) is 5.69 Å². The molecule has 0 aliphatic rings. The van der Waals surface area contributed by atoms with Gasteiger partial charge in [0.25, 0.3) is 5.91 Å². The minimum absolute atomic E-state index is 0.164. The van der Waals surface area contributed by atoms with Crippen LogP contribution in [0.4, 0.5) is 0 Å². The van der Waals surface area contributed by atoms with E-state index in [0.717, 1.165) is 17.0 Å². The summed E-state index contributed by atoms with van der Waals surface area (Å²) in [7, 11) is 0. The highest BCUT2D eigenvalue weighted by Crippen LogP contribution is 2.12. The van der Waals surface area contributed by atoms with E-state index >= 15 is 0 Å². The second-order valence-electron chi connectivity index (χ2n) is 4.02. The van der Waals surface area contributed by atoms with E-state index in [9.17, 15) is 4.79 Å². The van der Waals surface area contributed by atoms with Crippen LogP contribution in [-0.2, 0) is 6.42 Å². The van der Waals surface area contributed by atoms with E-state index in [1.54, 1.807) is 24.4 Å². The van der Waals surface area contributed by atoms with E-state index in [0.29, 0.717) is 18.7 Å². The summed E-state index contributed by atoms with van der Waals surface area (Å²) in [4.78, 5) is 15.7. The van der Waals surface area contributed by atoms with E-state index < -0.39 is 0 Å². The van der Waals surface area contributed by atoms with Crippen molar-refractivity contribution in [3.63, 3.8) is 0 Å². The number of hydrogen-bond acceptors (Lipinski definition) is 4. The maximum atomic E-state index is 11.7. The minimum atomic E-state index is -0.164. The summed E-state index contributed by atoms with van der Waals surface area (Å²) in [6, 6.07) is 5.25. The van der Waals surface area contributed by atoms with E-state index in [1.165, 1.54) is 0 Å². The van der Waals surface area contributed by atoms with Crippen molar-refractivity contribution in [1.82, 2.24) is 15.5 Å². The lowest BCUT2D eigenvalue weighted by molar-refractivity contribution is 0.0949. The molecule has 0 radical (unpaired) electrons. The summed E-state index contributed by atoms with van der Waals surface area (Å²) in [5.41, 5.74) is 2.35. The van der Waals surface area contributed by atoms with Crippen molar-refractivity contribution in [3.8, 4) is 0 Å². The molecular weight excluding hydrogens is 230 g/mol. The fourth-order valence-corrected chi connectivity index (χ4v) is 1.75. The predicted octanol–water partition coefficient (Wildman–Crippen LogP) is 1.66. The molecule has 0 spiro atoms. The highest BCUT2D eigenvalue weighted by molar-refractivity contribution is 5.92. The zero-order valence-electron chi connectivity index (χ0n) is 10.4. The van der Waals surface area contributed by atoms with Crippen LogP contribution in [0.3, 0.4) is 0 Å². The van der Waals surface area contributed by atoms with Crippen molar-refractivity contribution >= 4 is 5.91 Å². The highest BCUT2D eigenvalue weighted by Gasteiger charge is 2.10. The van der Waals surface area contributed by atoms with Crippen molar-refractivity contribution in [2.45, 2.75) is 20.3 Å². The first-order valence-corrected chi connectivity index (χ1v) is 5.79. The molecule has 0 aliphatic carbocycles. The predicted molar refractivity (Wildman–Crippen MR) is 66.3 cm³/mol. The first-order chi connectivity index (χ1) is 8.68. The monoisotopic (exact) mass is 245 g/mol. The molecular formula is C13H15N3O2. The lowest BCUT2D eigenvalue weighted by atomic mass is 10.1. The number of amides is 1. The second kappa shape index (κ2) is 5.44. The van der Waals surface area contributed by atoms with E-state index in [2.05, 4.69) is 15.5 Å². The van der Waals surface area contributed by atoms with Gasteiger partial charge in [-0.05, 0) is 32.4 Å². The number of carbonyl (C=O) groups is 1. The van der Waals surface area contributed by atoms with Crippen LogP contribution < -0.4 is 5.32 Å². The van der Waals surface area contributed by atoms with Gasteiger partial charge in [0.1, 0.15) is 11.5 Å². The maximum absolute atomic E-state index is 11.7. The summed E-state index contributed by atoms with van der Waals surface area (Å²) in [5, 5.41) is 6.69. The van der Waals surface area contributed by atoms with Crippen LogP contribution in [0.2, 0.25) is 0 Å². The Balaban J connectivity index is 1.88. The zero-order chi connectivity index (χ0) is 13.0. The number of nitrogens with one attached hydrogen (secondary N) is 1. The van der Waals surface area contributed by atoms with Crippen LogP contribution >= 0.6 is 0 Å². The number of aryl methyl sites for hydroxylation is 2. The topological polar surface area (TPSA) is 68.0 Å². The molecule has 0 unspecified atom stereocenters. The molecule has 2 aromatic rings. The van der Waals surface area contributed by atoms with Gasteiger partial charge in [-0.2, -0.15) is 0 Å². The lowest BCUT2D eigenvalue weighted by Crippen LogP contribution is -2.26. The van der Waals surface area contributed by atoms with Gasteiger partial charge in [0.15, 0.2) is 0 Å². The van der Waals surface area contributed by atoms with Crippen molar-refractivity contribution in [2.75, 3.05) is 6.54 Å². The van der Waals surface area contributed by atoms with E-state index in [4.69, 9.17) is 4.52 Å². The molecule has 94 valence electrons. The smallest absolute Gasteiger partial charge is 0.269 e. The van der Waals surface area contributed by atoms with Crippen molar-refractivity contribution in [1.29, 1.82) is 0 Å². The van der Waals surface area contributed by atoms with Crippen LogP contribution in [-0.4, -0.2) is 22.6 Å². The summed E-state index contributed by atoms with van der Waals surface area (Å²) in [6.07, 6.45) is 2.31. The Kier molecular flexibility index (Phi) is 3.72. The Hall–Kier alpha value is -2.17. The summed E-state index contributed by atoms with van der Waals surface area (Å²) in [5.74, 6) is 0.641. The third-order valence-corrected chi connectivity index (χ3v) is 2.74. The third-order valence-electron chi connectivity index (χ3n) is 2.74. The zero-order valence-corrected chi connectivity index (χ0v) is 10.4. The average Bonchev–Trinajstić information content (AvgIpc) is 2.71. The van der Waals surface area contributed by atoms with Crippen LogP contribution in [0.1, 0.15) is 27.5 Å². The van der Waals surface area contributed by atoms with Crippen LogP contribution in [0.5, 0.6) is 0 Å². The fraction of sp³-hybridized carbons (Fsp3) is 0.308. The highest BCUT2D eigenvalue weighted by atomic mass is 16.5. The maximum Gasteiger partial charge on any atom is 0.269 e. The normalized spacial score (nSPS) is 10.3. The van der Waals surface area contributed by atoms with Crippen molar-refractivity contribution < 1.29 is 9.32 Å². The summed E-state index contributed by atoms with van der Waals surface area (Å²) >= 11 is 0. The Morgan fingerprint density at radius 2 is 2.22 bits per heavy atom. The Morgan fingerprint density at radius 3 is 2.83 bits per heavy atom. The van der Waals surface area contributed by atoms with Gasteiger partial charge in [0.2, 0.25) is 0 Å². The molecule has 2 heterocycles. The van der Waals surface area contributed by atoms with Crippen LogP contribution in [0.25, 0.3) is 0 Å². The van der Waals surface area contributed by atoms with Crippen molar-refractivity contribution in [3.05, 3.63) is 47.1 Å². The van der Waals surface area contributed by atoms with E-state index in [-0.39, 0.29) is 5.91 Å². The summed E-state index contributed by atoms with van der Waals surface area (Å²) in [6.45, 7) is 4.31. The van der Waals surface area contributed by atoms with Gasteiger partial charge in [-0.15, -0.1) is 0 Å². The fourth-order valence-electron chi connectivity index (χ4n) is 1.75. The molecule has 0 aromatic carbocycles. The standard InChI is InChI=1S/C13H15N3O2/c1-9-11(10(2)18-16-9)6-8-15-13(17)12-5-3-4-7-14-12/h3-5,7H,6,8H2,1-2H3,(H,15,17). The number of nitrogens with zero attached hydrogens (tertiary/aromatic N) is 2. The number of carbonyl (C=O) groups excluding carboxylic acids is 1. The van der Waals surface area contributed by atoms with Gasteiger partial charge >= 0.3 is 0 Å². The van der Waals surface area contributed by atoms with Gasteiger partial charge in [-0.3, -0.25) is 9.78 Å². The number of rotatable bonds is 4. The Labute approximate surface area is 105 Å². The molecule has 2 rings (SSSR count). The third kappa shape index (κ3) is 2.74. The summed E-state index contributed by atoms with van der Waals surface area (Å²) < 4.78 is 5.06. The molecule has 0 fully saturated rings. The number of pyridine rings is 1. The van der Waals surface area contributed by atoms with Gasteiger partial charge < -0.3 is 9.84 Å². The van der Waals surface area contributed by atoms with Crippen LogP contribution in [0, 0.1) is 13.8 Å². The molecule has 5 nitrogen and oxygen atoms in total. The molecule has 0 bridgehead atoms. The van der Waals surface area contributed by atoms with E-state index in [1.807, 2.05) is 13.8 Å². The minimum Gasteiger partial charge on any atom is -0.361 e. The number of hydrogen-bond donors (Lipinski definition) is 1. The second-order valence-corrected chi connectivity index (χ2v) is 4.02. The first kappa shape index (κ1) is 12.3. The first-order valence-electron chi connectivity index (χ1n) is 5.79. The van der Waals surface area contributed by atoms with Gasteiger partial charge in [0, 0.05) is 18.3 Å². The SMILES string of the molecule is Cc1noc(C)c1CCNC(=O)c1ccccn1. The molecule has 18 heavy (non-hydrogen) atoms. The average molecular weight is 245 g/mol. The molecule has 2 aromatic heterocycles. The van der Waals surface area contributed by atoms with Gasteiger partial charge in [-0.1, -0.05) is 11.2 Å². The molecule has 0 saturated carbocycles. The Morgan fingerprint density at radius 1 is 1.39 bits per heavy atom. The molecule has 5 heteroatoms. The molecule has 0 saturated heterocycles.